The molecule has 17 heavy (non-hydrogen) atoms. The van der Waals surface area contributed by atoms with Crippen LogP contribution in [0.1, 0.15) is 11.8 Å². The normalized spacial score (nSPS) is 10.5. The Hall–Kier alpha value is -1.00. The molecule has 2 nitrogen and oxygen atoms in total. The second-order valence-corrected chi connectivity index (χ2v) is 5.75. The highest BCUT2D eigenvalue weighted by atomic mass is 79.9. The van der Waals surface area contributed by atoms with Crippen LogP contribution in [0.2, 0.25) is 0 Å². The number of nitrogens with two attached hydrogens (primary N) is 1. The summed E-state index contributed by atoms with van der Waals surface area (Å²) in [7, 11) is 0. The van der Waals surface area contributed by atoms with Crippen molar-refractivity contribution in [1.82, 2.24) is 0 Å². The lowest BCUT2D eigenvalue weighted by Gasteiger charge is -2.22. The van der Waals surface area contributed by atoms with E-state index in [9.17, 15) is 0 Å². The summed E-state index contributed by atoms with van der Waals surface area (Å²) >= 11 is 5.26. The average molecular weight is 311 g/mol. The molecule has 0 bridgehead atoms. The van der Waals surface area contributed by atoms with Crippen LogP contribution in [0.15, 0.2) is 40.2 Å². The summed E-state index contributed by atoms with van der Waals surface area (Å²) in [5, 5.41) is 2.11. The number of nitrogen functional groups attached to an aromatic ring is 1. The smallest absolute Gasteiger partial charge is 0.0523 e. The average Bonchev–Trinajstić information content (AvgIpc) is 2.72. The van der Waals surface area contributed by atoms with Gasteiger partial charge in [0, 0.05) is 32.6 Å². The summed E-state index contributed by atoms with van der Waals surface area (Å²) in [4.78, 5) is 3.66. The fourth-order valence-corrected chi connectivity index (χ4v) is 3.20. The maximum Gasteiger partial charge on any atom is 0.0523 e. The van der Waals surface area contributed by atoms with E-state index in [-0.39, 0.29) is 0 Å². The van der Waals surface area contributed by atoms with Crippen LogP contribution in [0, 0.1) is 0 Å². The number of halogens is 1. The lowest BCUT2D eigenvalue weighted by atomic mass is 10.2. The standard InChI is InChI=1S/C13H15BrN2S/c1-2-16(8-13-6-10(14)9-17-13)12-5-3-4-11(15)7-12/h3-7,9H,2,8,15H2,1H3. The third-order valence-corrected chi connectivity index (χ3v) is 4.27. The summed E-state index contributed by atoms with van der Waals surface area (Å²) in [6.07, 6.45) is 0. The Labute approximate surface area is 114 Å². The first-order valence-corrected chi connectivity index (χ1v) is 7.19. The molecule has 0 fully saturated rings. The fourth-order valence-electron chi connectivity index (χ4n) is 1.73. The largest absolute Gasteiger partial charge is 0.399 e. The third-order valence-electron chi connectivity index (χ3n) is 2.59. The number of anilines is 2. The Balaban J connectivity index is 2.16. The molecule has 2 rings (SSSR count). The molecule has 2 N–H and O–H groups in total. The van der Waals surface area contributed by atoms with Crippen LogP contribution in [-0.2, 0) is 6.54 Å². The summed E-state index contributed by atoms with van der Waals surface area (Å²) in [5.41, 5.74) is 7.81. The molecule has 0 radical (unpaired) electrons. The molecule has 0 aliphatic heterocycles. The Bertz CT molecular complexity index is 496. The predicted octanol–water partition coefficient (Wildman–Crippen LogP) is 4.12. The summed E-state index contributed by atoms with van der Waals surface area (Å²) in [6.45, 7) is 4.06. The molecule has 4 heteroatoms. The van der Waals surface area contributed by atoms with Gasteiger partial charge < -0.3 is 10.6 Å². The van der Waals surface area contributed by atoms with E-state index in [2.05, 4.69) is 45.3 Å². The fraction of sp³-hybridized carbons (Fsp3) is 0.231. The molecule has 90 valence electrons. The second kappa shape index (κ2) is 5.56. The van der Waals surface area contributed by atoms with Crippen molar-refractivity contribution < 1.29 is 0 Å². The van der Waals surface area contributed by atoms with Crippen LogP contribution in [-0.4, -0.2) is 6.54 Å². The number of benzene rings is 1. The molecule has 1 aromatic carbocycles. The number of hydrogen-bond acceptors (Lipinski definition) is 3. The summed E-state index contributed by atoms with van der Waals surface area (Å²) in [6, 6.07) is 10.2. The Morgan fingerprint density at radius 3 is 2.76 bits per heavy atom. The van der Waals surface area contributed by atoms with E-state index < -0.39 is 0 Å². The van der Waals surface area contributed by atoms with Gasteiger partial charge >= 0.3 is 0 Å². The molecule has 0 amide bonds. The van der Waals surface area contributed by atoms with Gasteiger partial charge in [-0.25, -0.2) is 0 Å². The Morgan fingerprint density at radius 1 is 1.35 bits per heavy atom. The zero-order valence-electron chi connectivity index (χ0n) is 9.69. The van der Waals surface area contributed by atoms with E-state index in [4.69, 9.17) is 5.73 Å². The highest BCUT2D eigenvalue weighted by molar-refractivity contribution is 9.10. The quantitative estimate of drug-likeness (QED) is 0.861. The van der Waals surface area contributed by atoms with Crippen LogP contribution >= 0.6 is 27.3 Å². The molecular weight excluding hydrogens is 296 g/mol. The highest BCUT2D eigenvalue weighted by Crippen LogP contribution is 2.24. The zero-order chi connectivity index (χ0) is 12.3. The topological polar surface area (TPSA) is 29.3 Å². The SMILES string of the molecule is CCN(Cc1cc(Br)cs1)c1cccc(N)c1. The van der Waals surface area contributed by atoms with Gasteiger partial charge in [0.25, 0.3) is 0 Å². The molecule has 0 aliphatic rings. The summed E-state index contributed by atoms with van der Waals surface area (Å²) < 4.78 is 1.15. The lowest BCUT2D eigenvalue weighted by Crippen LogP contribution is -2.21. The van der Waals surface area contributed by atoms with Gasteiger partial charge in [0.1, 0.15) is 0 Å². The first-order valence-electron chi connectivity index (χ1n) is 5.52. The number of rotatable bonds is 4. The molecule has 1 aromatic heterocycles. The van der Waals surface area contributed by atoms with Crippen molar-refractivity contribution in [2.24, 2.45) is 0 Å². The monoisotopic (exact) mass is 310 g/mol. The lowest BCUT2D eigenvalue weighted by molar-refractivity contribution is 0.842. The van der Waals surface area contributed by atoms with E-state index in [1.165, 1.54) is 10.6 Å². The highest BCUT2D eigenvalue weighted by Gasteiger charge is 2.07. The van der Waals surface area contributed by atoms with Gasteiger partial charge in [-0.1, -0.05) is 6.07 Å². The van der Waals surface area contributed by atoms with Crippen molar-refractivity contribution in [2.45, 2.75) is 13.5 Å². The Morgan fingerprint density at radius 2 is 2.18 bits per heavy atom. The maximum atomic E-state index is 5.82. The van der Waals surface area contributed by atoms with E-state index in [1.807, 2.05) is 18.2 Å². The third kappa shape index (κ3) is 3.23. The number of nitrogens with zero attached hydrogens (tertiary/aromatic N) is 1. The predicted molar refractivity (Wildman–Crippen MR) is 79.6 cm³/mol. The molecule has 2 aromatic rings. The van der Waals surface area contributed by atoms with Gasteiger partial charge in [-0.2, -0.15) is 0 Å². The van der Waals surface area contributed by atoms with Gasteiger partial charge in [-0.15, -0.1) is 11.3 Å². The first kappa shape index (κ1) is 12.5. The molecule has 0 saturated carbocycles. The van der Waals surface area contributed by atoms with Crippen molar-refractivity contribution in [2.75, 3.05) is 17.2 Å². The van der Waals surface area contributed by atoms with Gasteiger partial charge in [0.05, 0.1) is 6.54 Å². The van der Waals surface area contributed by atoms with Crippen LogP contribution in [0.4, 0.5) is 11.4 Å². The van der Waals surface area contributed by atoms with Crippen molar-refractivity contribution >= 4 is 38.6 Å². The van der Waals surface area contributed by atoms with E-state index in [0.29, 0.717) is 0 Å². The maximum absolute atomic E-state index is 5.82. The minimum absolute atomic E-state index is 0.813. The van der Waals surface area contributed by atoms with Crippen LogP contribution in [0.25, 0.3) is 0 Å². The molecule has 0 aliphatic carbocycles. The number of hydrogen-bond donors (Lipinski definition) is 1. The van der Waals surface area contributed by atoms with Gasteiger partial charge in [-0.05, 0) is 47.1 Å². The first-order chi connectivity index (χ1) is 8.19. The van der Waals surface area contributed by atoms with E-state index >= 15 is 0 Å². The van der Waals surface area contributed by atoms with Gasteiger partial charge in [-0.3, -0.25) is 0 Å². The van der Waals surface area contributed by atoms with Gasteiger partial charge in [0.15, 0.2) is 0 Å². The zero-order valence-corrected chi connectivity index (χ0v) is 12.1. The number of thiophene rings is 1. The minimum atomic E-state index is 0.813. The molecule has 0 spiro atoms. The van der Waals surface area contributed by atoms with Gasteiger partial charge in [0.2, 0.25) is 0 Å². The summed E-state index contributed by atoms with van der Waals surface area (Å²) in [5.74, 6) is 0. The van der Waals surface area contributed by atoms with Crippen LogP contribution in [0.5, 0.6) is 0 Å². The van der Waals surface area contributed by atoms with E-state index in [1.54, 1.807) is 11.3 Å². The van der Waals surface area contributed by atoms with E-state index in [0.717, 1.165) is 23.2 Å². The van der Waals surface area contributed by atoms with Crippen molar-refractivity contribution in [3.05, 3.63) is 45.1 Å². The van der Waals surface area contributed by atoms with Crippen LogP contribution < -0.4 is 10.6 Å². The molecule has 1 heterocycles. The molecular formula is C13H15BrN2S. The molecule has 0 atom stereocenters. The minimum Gasteiger partial charge on any atom is -0.399 e. The molecule has 0 saturated heterocycles. The van der Waals surface area contributed by atoms with Crippen molar-refractivity contribution in [3.8, 4) is 0 Å². The second-order valence-electron chi connectivity index (χ2n) is 3.84. The Kier molecular flexibility index (Phi) is 4.07. The van der Waals surface area contributed by atoms with Crippen molar-refractivity contribution in [1.29, 1.82) is 0 Å². The molecule has 0 unspecified atom stereocenters. The van der Waals surface area contributed by atoms with Crippen molar-refractivity contribution in [3.63, 3.8) is 0 Å². The van der Waals surface area contributed by atoms with Crippen LogP contribution in [0.3, 0.4) is 0 Å².